The Morgan fingerprint density at radius 1 is 1.35 bits per heavy atom. The Morgan fingerprint density at radius 3 is 2.76 bits per heavy atom. The van der Waals surface area contributed by atoms with Crippen molar-refractivity contribution in [2.45, 2.75) is 25.7 Å². The molecule has 3 rings (SSSR count). The minimum Gasteiger partial charge on any atom is -0.308 e. The quantitative estimate of drug-likeness (QED) is 0.660. The fourth-order valence-electron chi connectivity index (χ4n) is 1.98. The van der Waals surface area contributed by atoms with E-state index in [1.807, 2.05) is 13.0 Å². The summed E-state index contributed by atoms with van der Waals surface area (Å²) in [4.78, 5) is 9.13. The van der Waals surface area contributed by atoms with E-state index in [9.17, 15) is 0 Å². The Labute approximate surface area is 108 Å². The molecular weight excluding hydrogens is 280 g/mol. The fraction of sp³-hybridized carbons (Fsp3) is 0.333. The first kappa shape index (κ1) is 10.9. The minimum absolute atomic E-state index is 0.514. The van der Waals surface area contributed by atoms with Gasteiger partial charge in [-0.3, -0.25) is 0 Å². The average molecular weight is 293 g/mol. The molecule has 1 aromatic carbocycles. The van der Waals surface area contributed by atoms with Crippen molar-refractivity contribution in [3.8, 4) is 0 Å². The Morgan fingerprint density at radius 2 is 2.12 bits per heavy atom. The first-order valence-electron chi connectivity index (χ1n) is 5.63. The van der Waals surface area contributed by atoms with E-state index in [2.05, 4.69) is 37.4 Å². The normalized spacial score (nSPS) is 15.2. The monoisotopic (exact) mass is 292 g/mol. The fourth-order valence-corrected chi connectivity index (χ4v) is 2.64. The van der Waals surface area contributed by atoms with Gasteiger partial charge in [-0.25, -0.2) is 15.8 Å². The van der Waals surface area contributed by atoms with Gasteiger partial charge in [-0.2, -0.15) is 0 Å². The summed E-state index contributed by atoms with van der Waals surface area (Å²) < 4.78 is 0.994. The van der Waals surface area contributed by atoms with Crippen molar-refractivity contribution in [1.29, 1.82) is 0 Å². The van der Waals surface area contributed by atoms with Crippen LogP contribution in [0, 0.1) is 6.92 Å². The third-order valence-electron chi connectivity index (χ3n) is 2.99. The smallest absolute Gasteiger partial charge is 0.151 e. The molecule has 2 aromatic rings. The highest BCUT2D eigenvalue weighted by atomic mass is 79.9. The molecule has 0 aliphatic heterocycles. The van der Waals surface area contributed by atoms with Crippen molar-refractivity contribution in [1.82, 2.24) is 9.97 Å². The summed E-state index contributed by atoms with van der Waals surface area (Å²) in [6.45, 7) is 2.04. The number of halogens is 1. The van der Waals surface area contributed by atoms with Crippen molar-refractivity contribution in [2.75, 3.05) is 5.43 Å². The number of nitrogens with two attached hydrogens (primary N) is 1. The lowest BCUT2D eigenvalue weighted by Crippen LogP contribution is -2.11. The van der Waals surface area contributed by atoms with E-state index in [1.54, 1.807) is 0 Å². The van der Waals surface area contributed by atoms with Crippen LogP contribution in [0.2, 0.25) is 0 Å². The molecule has 1 aliphatic carbocycles. The van der Waals surface area contributed by atoms with E-state index >= 15 is 0 Å². The zero-order valence-electron chi connectivity index (χ0n) is 9.50. The van der Waals surface area contributed by atoms with Gasteiger partial charge in [0.05, 0.1) is 5.52 Å². The molecule has 0 bridgehead atoms. The van der Waals surface area contributed by atoms with Crippen molar-refractivity contribution in [3.63, 3.8) is 0 Å². The second-order valence-corrected chi connectivity index (χ2v) is 5.35. The van der Waals surface area contributed by atoms with Crippen LogP contribution in [0.25, 0.3) is 10.9 Å². The highest BCUT2D eigenvalue weighted by molar-refractivity contribution is 9.10. The van der Waals surface area contributed by atoms with Crippen molar-refractivity contribution in [3.05, 3.63) is 28.0 Å². The number of anilines is 1. The van der Waals surface area contributed by atoms with Crippen LogP contribution in [0.1, 0.15) is 30.1 Å². The standard InChI is InChI=1S/C12H13BrN4/c1-6-4-8-10(9(13)5-6)15-11(7-2-3-7)16-12(8)17-14/h4-5,7H,2-3,14H2,1H3,(H,15,16,17). The number of benzene rings is 1. The zero-order chi connectivity index (χ0) is 12.0. The highest BCUT2D eigenvalue weighted by Crippen LogP contribution is 2.40. The van der Waals surface area contributed by atoms with Crippen molar-refractivity contribution >= 4 is 32.7 Å². The molecule has 17 heavy (non-hydrogen) atoms. The first-order chi connectivity index (χ1) is 8.19. The van der Waals surface area contributed by atoms with E-state index in [0.717, 1.165) is 26.8 Å². The third kappa shape index (κ3) is 1.89. The first-order valence-corrected chi connectivity index (χ1v) is 6.42. The number of nitrogen functional groups attached to an aromatic ring is 1. The maximum atomic E-state index is 5.55. The number of fused-ring (bicyclic) bond motifs is 1. The maximum absolute atomic E-state index is 5.55. The summed E-state index contributed by atoms with van der Waals surface area (Å²) in [5.74, 6) is 7.67. The van der Waals surface area contributed by atoms with Crippen LogP contribution in [-0.4, -0.2) is 9.97 Å². The van der Waals surface area contributed by atoms with Crippen LogP contribution >= 0.6 is 15.9 Å². The number of rotatable bonds is 2. The van der Waals surface area contributed by atoms with Gasteiger partial charge in [0.2, 0.25) is 0 Å². The van der Waals surface area contributed by atoms with Crippen molar-refractivity contribution < 1.29 is 0 Å². The molecule has 5 heteroatoms. The zero-order valence-corrected chi connectivity index (χ0v) is 11.1. The largest absolute Gasteiger partial charge is 0.308 e. The molecule has 0 radical (unpaired) electrons. The Balaban J connectivity index is 2.31. The molecule has 0 amide bonds. The van der Waals surface area contributed by atoms with E-state index in [4.69, 9.17) is 5.84 Å². The lowest BCUT2D eigenvalue weighted by molar-refractivity contribution is 0.945. The van der Waals surface area contributed by atoms with Gasteiger partial charge >= 0.3 is 0 Å². The van der Waals surface area contributed by atoms with Crippen LogP contribution in [0.3, 0.4) is 0 Å². The van der Waals surface area contributed by atoms with Crippen LogP contribution in [0.4, 0.5) is 5.82 Å². The molecule has 0 saturated heterocycles. The Hall–Kier alpha value is -1.20. The van der Waals surface area contributed by atoms with Crippen LogP contribution in [0.15, 0.2) is 16.6 Å². The molecule has 88 valence electrons. The lowest BCUT2D eigenvalue weighted by Gasteiger charge is -2.09. The predicted octanol–water partition coefficient (Wildman–Crippen LogP) is 2.86. The number of nitrogens with zero attached hydrogens (tertiary/aromatic N) is 2. The molecule has 3 N–H and O–H groups in total. The molecular formula is C12H13BrN4. The molecule has 1 aliphatic rings. The van der Waals surface area contributed by atoms with Gasteiger partial charge in [0.25, 0.3) is 0 Å². The topological polar surface area (TPSA) is 63.8 Å². The summed E-state index contributed by atoms with van der Waals surface area (Å²) in [6.07, 6.45) is 2.36. The SMILES string of the molecule is Cc1cc(Br)c2nc(C3CC3)nc(NN)c2c1. The minimum atomic E-state index is 0.514. The number of aromatic nitrogens is 2. The van der Waals surface area contributed by atoms with E-state index in [0.29, 0.717) is 11.7 Å². The Kier molecular flexibility index (Phi) is 2.52. The average Bonchev–Trinajstić information content (AvgIpc) is 3.11. The number of nitrogens with one attached hydrogen (secondary N) is 1. The van der Waals surface area contributed by atoms with E-state index < -0.39 is 0 Å². The number of aryl methyl sites for hydroxylation is 1. The second kappa shape index (κ2) is 3.92. The molecule has 1 saturated carbocycles. The van der Waals surface area contributed by atoms with Gasteiger partial charge in [-0.1, -0.05) is 0 Å². The second-order valence-electron chi connectivity index (χ2n) is 4.49. The van der Waals surface area contributed by atoms with Gasteiger partial charge in [0.15, 0.2) is 5.82 Å². The molecule has 0 atom stereocenters. The van der Waals surface area contributed by atoms with Gasteiger partial charge < -0.3 is 5.43 Å². The maximum Gasteiger partial charge on any atom is 0.151 e. The highest BCUT2D eigenvalue weighted by Gasteiger charge is 2.27. The summed E-state index contributed by atoms with van der Waals surface area (Å²) in [7, 11) is 0. The molecule has 1 fully saturated rings. The van der Waals surface area contributed by atoms with Crippen molar-refractivity contribution in [2.24, 2.45) is 5.84 Å². The number of hydrazine groups is 1. The van der Waals surface area contributed by atoms with Gasteiger partial charge in [-0.15, -0.1) is 0 Å². The number of hydrogen-bond donors (Lipinski definition) is 2. The molecule has 4 nitrogen and oxygen atoms in total. The van der Waals surface area contributed by atoms with Crippen LogP contribution < -0.4 is 11.3 Å². The molecule has 1 heterocycles. The molecule has 1 aromatic heterocycles. The molecule has 0 spiro atoms. The van der Waals surface area contributed by atoms with Crippen LogP contribution in [-0.2, 0) is 0 Å². The van der Waals surface area contributed by atoms with Crippen LogP contribution in [0.5, 0.6) is 0 Å². The predicted molar refractivity (Wildman–Crippen MR) is 71.8 cm³/mol. The summed E-state index contributed by atoms with van der Waals surface area (Å²) in [5.41, 5.74) is 4.76. The van der Waals surface area contributed by atoms with Gasteiger partial charge in [0.1, 0.15) is 5.82 Å². The Bertz CT molecular complexity index is 593. The van der Waals surface area contributed by atoms with Gasteiger partial charge in [-0.05, 0) is 53.4 Å². The third-order valence-corrected chi connectivity index (χ3v) is 3.60. The van der Waals surface area contributed by atoms with Gasteiger partial charge in [0, 0.05) is 15.8 Å². The van der Waals surface area contributed by atoms with E-state index in [-0.39, 0.29) is 0 Å². The molecule has 0 unspecified atom stereocenters. The summed E-state index contributed by atoms with van der Waals surface area (Å²) >= 11 is 3.56. The summed E-state index contributed by atoms with van der Waals surface area (Å²) in [5, 5.41) is 0.962. The lowest BCUT2D eigenvalue weighted by atomic mass is 10.1. The van der Waals surface area contributed by atoms with E-state index in [1.165, 1.54) is 12.8 Å². The number of hydrogen-bond acceptors (Lipinski definition) is 4. The summed E-state index contributed by atoms with van der Waals surface area (Å²) in [6, 6.07) is 4.11.